The molecule has 0 aliphatic heterocycles. The summed E-state index contributed by atoms with van der Waals surface area (Å²) in [6, 6.07) is 13.8. The van der Waals surface area contributed by atoms with Crippen LogP contribution in [-0.4, -0.2) is 34.9 Å². The molecule has 21 heavy (non-hydrogen) atoms. The van der Waals surface area contributed by atoms with Crippen LogP contribution >= 0.6 is 0 Å². The number of likely N-dealkylation sites (N-methyl/N-ethyl adjacent to an activating group) is 1. The van der Waals surface area contributed by atoms with Crippen LogP contribution in [0.2, 0.25) is 0 Å². The summed E-state index contributed by atoms with van der Waals surface area (Å²) in [5.41, 5.74) is 1.88. The van der Waals surface area contributed by atoms with E-state index in [0.29, 0.717) is 6.42 Å². The zero-order valence-electron chi connectivity index (χ0n) is 13.0. The Morgan fingerprint density at radius 3 is 2.43 bits per heavy atom. The molecule has 0 N–H and O–H groups in total. The fourth-order valence-electron chi connectivity index (χ4n) is 2.52. The number of hydrogen-bond acceptors (Lipinski definition) is 2. The Morgan fingerprint density at radius 2 is 1.76 bits per heavy atom. The summed E-state index contributed by atoms with van der Waals surface area (Å²) in [5, 5.41) is 0. The lowest BCUT2D eigenvalue weighted by Crippen LogP contribution is -2.27. The summed E-state index contributed by atoms with van der Waals surface area (Å²) in [6.45, 7) is 8.27. The number of hydrogen-bond donors (Lipinski definition) is 0. The van der Waals surface area contributed by atoms with Crippen LogP contribution in [0.4, 0.5) is 0 Å². The van der Waals surface area contributed by atoms with Gasteiger partial charge in [0.05, 0.1) is 5.69 Å². The maximum absolute atomic E-state index is 12.4. The largest absolute Gasteiger partial charge is 0.344 e. The lowest BCUT2D eigenvalue weighted by molar-refractivity contribution is 0.0983. The highest BCUT2D eigenvalue weighted by atomic mass is 16.1. The predicted octanol–water partition coefficient (Wildman–Crippen LogP) is 3.26. The van der Waals surface area contributed by atoms with Crippen LogP contribution in [0, 0.1) is 0 Å². The van der Waals surface area contributed by atoms with Crippen molar-refractivity contribution in [1.82, 2.24) is 9.47 Å². The third-order valence-electron chi connectivity index (χ3n) is 3.87. The van der Waals surface area contributed by atoms with Gasteiger partial charge < -0.3 is 9.47 Å². The molecular formula is C18H24N2O. The molecule has 3 nitrogen and oxygen atoms in total. The molecule has 0 saturated heterocycles. The van der Waals surface area contributed by atoms with Gasteiger partial charge in [0.1, 0.15) is 0 Å². The van der Waals surface area contributed by atoms with E-state index in [1.54, 1.807) is 0 Å². The molecule has 0 amide bonds. The molecule has 0 aliphatic carbocycles. The minimum atomic E-state index is 0.186. The van der Waals surface area contributed by atoms with Gasteiger partial charge in [-0.3, -0.25) is 4.79 Å². The highest BCUT2D eigenvalue weighted by Gasteiger charge is 2.12. The Kier molecular flexibility index (Phi) is 5.76. The lowest BCUT2D eigenvalue weighted by Gasteiger charge is -2.19. The molecule has 1 aromatic heterocycles. The van der Waals surface area contributed by atoms with Crippen LogP contribution in [0.15, 0.2) is 48.7 Å². The monoisotopic (exact) mass is 284 g/mol. The zero-order valence-corrected chi connectivity index (χ0v) is 13.0. The second-order valence-electron chi connectivity index (χ2n) is 5.20. The van der Waals surface area contributed by atoms with Gasteiger partial charge in [-0.05, 0) is 30.8 Å². The van der Waals surface area contributed by atoms with Gasteiger partial charge >= 0.3 is 0 Å². The first-order chi connectivity index (χ1) is 10.2. The van der Waals surface area contributed by atoms with E-state index in [4.69, 9.17) is 0 Å². The summed E-state index contributed by atoms with van der Waals surface area (Å²) in [6.07, 6.45) is 2.47. The van der Waals surface area contributed by atoms with Crippen molar-refractivity contribution in [2.24, 2.45) is 0 Å². The quantitative estimate of drug-likeness (QED) is 0.695. The first kappa shape index (κ1) is 15.5. The maximum Gasteiger partial charge on any atom is 0.183 e. The minimum Gasteiger partial charge on any atom is -0.344 e. The van der Waals surface area contributed by atoms with Gasteiger partial charge in [-0.1, -0.05) is 44.2 Å². The van der Waals surface area contributed by atoms with E-state index in [0.717, 1.165) is 37.4 Å². The molecule has 112 valence electrons. The fraction of sp³-hybridized carbons (Fsp3) is 0.389. The van der Waals surface area contributed by atoms with Crippen LogP contribution in [0.1, 0.15) is 29.9 Å². The first-order valence-electron chi connectivity index (χ1n) is 7.69. The van der Waals surface area contributed by atoms with Gasteiger partial charge in [0.2, 0.25) is 0 Å². The maximum atomic E-state index is 12.4. The summed E-state index contributed by atoms with van der Waals surface area (Å²) in [4.78, 5) is 14.8. The summed E-state index contributed by atoms with van der Waals surface area (Å²) in [5.74, 6) is 0.186. The minimum absolute atomic E-state index is 0.186. The molecule has 0 saturated carbocycles. The number of aromatic nitrogens is 1. The normalized spacial score (nSPS) is 11.0. The second kappa shape index (κ2) is 7.79. The third kappa shape index (κ3) is 4.30. The highest BCUT2D eigenvalue weighted by molar-refractivity contribution is 5.96. The van der Waals surface area contributed by atoms with Crippen LogP contribution in [-0.2, 0) is 13.0 Å². The van der Waals surface area contributed by atoms with Crippen molar-refractivity contribution in [3.63, 3.8) is 0 Å². The van der Waals surface area contributed by atoms with Gasteiger partial charge in [0, 0.05) is 25.7 Å². The Morgan fingerprint density at radius 1 is 1.05 bits per heavy atom. The average Bonchev–Trinajstić information content (AvgIpc) is 2.98. The van der Waals surface area contributed by atoms with E-state index in [1.165, 1.54) is 0 Å². The van der Waals surface area contributed by atoms with Crippen molar-refractivity contribution < 1.29 is 4.79 Å². The number of ketones is 1. The first-order valence-corrected chi connectivity index (χ1v) is 7.69. The van der Waals surface area contributed by atoms with Gasteiger partial charge in [0.25, 0.3) is 0 Å². The third-order valence-corrected chi connectivity index (χ3v) is 3.87. The SMILES string of the molecule is CCN(CC)CCn1cccc1C(=O)Cc1ccccc1. The Bertz CT molecular complexity index is 556. The smallest absolute Gasteiger partial charge is 0.183 e. The summed E-state index contributed by atoms with van der Waals surface area (Å²) >= 11 is 0. The van der Waals surface area contributed by atoms with Crippen molar-refractivity contribution in [1.29, 1.82) is 0 Å². The van der Waals surface area contributed by atoms with Crippen LogP contribution in [0.5, 0.6) is 0 Å². The Labute approximate surface area is 127 Å². The summed E-state index contributed by atoms with van der Waals surface area (Å²) in [7, 11) is 0. The van der Waals surface area contributed by atoms with E-state index in [1.807, 2.05) is 48.7 Å². The van der Waals surface area contributed by atoms with Gasteiger partial charge in [-0.2, -0.15) is 0 Å². The number of benzene rings is 1. The van der Waals surface area contributed by atoms with E-state index in [2.05, 4.69) is 23.3 Å². The molecule has 0 aliphatic rings. The lowest BCUT2D eigenvalue weighted by atomic mass is 10.1. The molecular weight excluding hydrogens is 260 g/mol. The molecule has 0 spiro atoms. The van der Waals surface area contributed by atoms with Crippen LogP contribution in [0.3, 0.4) is 0 Å². The van der Waals surface area contributed by atoms with E-state index < -0.39 is 0 Å². The number of rotatable bonds is 8. The Hall–Kier alpha value is -1.87. The van der Waals surface area contributed by atoms with Crippen molar-refractivity contribution in [3.05, 3.63) is 59.9 Å². The van der Waals surface area contributed by atoms with Crippen molar-refractivity contribution in [2.75, 3.05) is 19.6 Å². The van der Waals surface area contributed by atoms with Crippen molar-refractivity contribution >= 4 is 5.78 Å². The van der Waals surface area contributed by atoms with Crippen molar-refractivity contribution in [2.45, 2.75) is 26.8 Å². The molecule has 3 heteroatoms. The molecule has 2 aromatic rings. The van der Waals surface area contributed by atoms with Gasteiger partial charge in [-0.15, -0.1) is 0 Å². The molecule has 2 rings (SSSR count). The topological polar surface area (TPSA) is 25.2 Å². The molecule has 1 aromatic carbocycles. The average molecular weight is 284 g/mol. The molecule has 1 heterocycles. The highest BCUT2D eigenvalue weighted by Crippen LogP contribution is 2.09. The van der Waals surface area contributed by atoms with Crippen LogP contribution in [0.25, 0.3) is 0 Å². The number of carbonyl (C=O) groups excluding carboxylic acids is 1. The number of carbonyl (C=O) groups is 1. The predicted molar refractivity (Wildman–Crippen MR) is 86.7 cm³/mol. The molecule has 0 bridgehead atoms. The molecule has 0 unspecified atom stereocenters. The van der Waals surface area contributed by atoms with E-state index >= 15 is 0 Å². The molecule has 0 atom stereocenters. The van der Waals surface area contributed by atoms with Crippen molar-refractivity contribution in [3.8, 4) is 0 Å². The summed E-state index contributed by atoms with van der Waals surface area (Å²) < 4.78 is 2.07. The van der Waals surface area contributed by atoms with Gasteiger partial charge in [0.15, 0.2) is 5.78 Å². The number of nitrogens with zero attached hydrogens (tertiary/aromatic N) is 2. The zero-order chi connectivity index (χ0) is 15.1. The Balaban J connectivity index is 2.00. The second-order valence-corrected chi connectivity index (χ2v) is 5.20. The van der Waals surface area contributed by atoms with E-state index in [-0.39, 0.29) is 5.78 Å². The standard InChI is InChI=1S/C18H24N2O/c1-3-19(4-2)13-14-20-12-8-11-17(20)18(21)15-16-9-6-5-7-10-16/h5-12H,3-4,13-15H2,1-2H3. The number of Topliss-reactive ketones (excluding diaryl/α,β-unsaturated/α-hetero) is 1. The van der Waals surface area contributed by atoms with Crippen LogP contribution < -0.4 is 0 Å². The van der Waals surface area contributed by atoms with E-state index in [9.17, 15) is 4.79 Å². The fourth-order valence-corrected chi connectivity index (χ4v) is 2.52. The van der Waals surface area contributed by atoms with Gasteiger partial charge in [-0.25, -0.2) is 0 Å². The molecule has 0 radical (unpaired) electrons. The molecule has 0 fully saturated rings.